The molecule has 0 aromatic heterocycles. The number of carbonyl (C=O) groups is 1. The van der Waals surface area contributed by atoms with Gasteiger partial charge in [-0.05, 0) is 12.1 Å². The maximum atomic E-state index is 12.8. The number of benzene rings is 1. The van der Waals surface area contributed by atoms with E-state index in [1.54, 1.807) is 11.8 Å². The number of hydrogen-bond acceptors (Lipinski definition) is 7. The van der Waals surface area contributed by atoms with Gasteiger partial charge in [0.15, 0.2) is 5.75 Å². The largest absolute Gasteiger partial charge is 0.490 e. The first-order valence-corrected chi connectivity index (χ1v) is 9.47. The maximum Gasteiger partial charge on any atom is 0.312 e. The lowest BCUT2D eigenvalue weighted by molar-refractivity contribution is -0.386. The van der Waals surface area contributed by atoms with Crippen LogP contribution in [-0.2, 0) is 14.8 Å². The van der Waals surface area contributed by atoms with E-state index < -0.39 is 20.6 Å². The van der Waals surface area contributed by atoms with Gasteiger partial charge in [0.2, 0.25) is 15.9 Å². The number of carbonyl (C=O) groups excluding carboxylic acids is 1. The van der Waals surface area contributed by atoms with Crippen molar-refractivity contribution in [1.29, 1.82) is 0 Å². The molecule has 0 aliphatic carbocycles. The number of methoxy groups -OCH3 is 1. The minimum atomic E-state index is -3.91. The summed E-state index contributed by atoms with van der Waals surface area (Å²) in [6, 6.07) is 3.52. The quantitative estimate of drug-likeness (QED) is 0.538. The van der Waals surface area contributed by atoms with Gasteiger partial charge in [-0.15, -0.1) is 0 Å². The van der Waals surface area contributed by atoms with Crippen LogP contribution in [-0.4, -0.2) is 68.3 Å². The molecule has 26 heavy (non-hydrogen) atoms. The molecule has 144 valence electrons. The van der Waals surface area contributed by atoms with Crippen molar-refractivity contribution in [3.8, 4) is 5.75 Å². The third kappa shape index (κ3) is 3.94. The van der Waals surface area contributed by atoms with E-state index in [1.807, 2.05) is 0 Å². The predicted octanol–water partition coefficient (Wildman–Crippen LogP) is 0.0311. The zero-order valence-corrected chi connectivity index (χ0v) is 15.4. The Hall–Kier alpha value is -2.24. The molecule has 1 unspecified atom stereocenters. The fraction of sp³-hybridized carbons (Fsp3) is 0.533. The molecule has 0 spiro atoms. The minimum Gasteiger partial charge on any atom is -0.490 e. The highest BCUT2D eigenvalue weighted by molar-refractivity contribution is 7.89. The number of piperazine rings is 1. The van der Waals surface area contributed by atoms with Crippen LogP contribution < -0.4 is 10.5 Å². The standard InChI is InChI=1S/C15H22N4O6S/c1-11(10-16)15(20)17-5-7-18(8-6-17)26(23,24)12-3-4-14(25-2)13(9-12)19(21)22/h3-4,9,11H,5-8,10,16H2,1-2H3. The van der Waals surface area contributed by atoms with Crippen molar-refractivity contribution >= 4 is 21.6 Å². The van der Waals surface area contributed by atoms with Crippen molar-refractivity contribution < 1.29 is 22.9 Å². The smallest absolute Gasteiger partial charge is 0.312 e. The number of amides is 1. The number of nitrogens with two attached hydrogens (primary N) is 1. The zero-order chi connectivity index (χ0) is 19.5. The molecule has 1 amide bonds. The van der Waals surface area contributed by atoms with Gasteiger partial charge in [-0.3, -0.25) is 14.9 Å². The minimum absolute atomic E-state index is 0.0138. The van der Waals surface area contributed by atoms with E-state index in [-0.39, 0.29) is 55.2 Å². The number of rotatable bonds is 6. The highest BCUT2D eigenvalue weighted by Crippen LogP contribution is 2.30. The molecule has 0 radical (unpaired) electrons. The molecule has 1 aromatic rings. The Balaban J connectivity index is 2.18. The van der Waals surface area contributed by atoms with Crippen LogP contribution in [0.1, 0.15) is 6.92 Å². The molecule has 1 aliphatic rings. The molecule has 11 heteroatoms. The summed E-state index contributed by atoms with van der Waals surface area (Å²) in [5.41, 5.74) is 5.08. The van der Waals surface area contributed by atoms with Gasteiger partial charge in [0.1, 0.15) is 0 Å². The van der Waals surface area contributed by atoms with Crippen molar-refractivity contribution in [1.82, 2.24) is 9.21 Å². The van der Waals surface area contributed by atoms with Crippen LogP contribution in [0.2, 0.25) is 0 Å². The Labute approximate surface area is 151 Å². The SMILES string of the molecule is COc1ccc(S(=O)(=O)N2CCN(C(=O)C(C)CN)CC2)cc1[N+](=O)[O-]. The second-order valence-corrected chi connectivity index (χ2v) is 7.89. The lowest BCUT2D eigenvalue weighted by Crippen LogP contribution is -2.52. The third-order valence-electron chi connectivity index (χ3n) is 4.31. The number of ether oxygens (including phenoxy) is 1. The average Bonchev–Trinajstić information content (AvgIpc) is 2.66. The van der Waals surface area contributed by atoms with E-state index in [9.17, 15) is 23.3 Å². The van der Waals surface area contributed by atoms with Crippen LogP contribution >= 0.6 is 0 Å². The molecular weight excluding hydrogens is 364 g/mol. The number of nitro benzene ring substituents is 1. The predicted molar refractivity (Wildman–Crippen MR) is 93.2 cm³/mol. The monoisotopic (exact) mass is 386 g/mol. The van der Waals surface area contributed by atoms with Crippen LogP contribution in [0.15, 0.2) is 23.1 Å². The van der Waals surface area contributed by atoms with E-state index in [2.05, 4.69) is 0 Å². The lowest BCUT2D eigenvalue weighted by atomic mass is 10.1. The summed E-state index contributed by atoms with van der Waals surface area (Å²) in [5.74, 6) is -0.438. The summed E-state index contributed by atoms with van der Waals surface area (Å²) in [6.45, 7) is 2.69. The summed E-state index contributed by atoms with van der Waals surface area (Å²) in [6.07, 6.45) is 0. The summed E-state index contributed by atoms with van der Waals surface area (Å²) < 4.78 is 31.6. The molecule has 1 heterocycles. The molecule has 1 aromatic carbocycles. The van der Waals surface area contributed by atoms with Crippen LogP contribution in [0.3, 0.4) is 0 Å². The topological polar surface area (TPSA) is 136 Å². The molecule has 1 atom stereocenters. The molecular formula is C15H22N4O6S. The summed E-state index contributed by atoms with van der Waals surface area (Å²) in [5, 5.41) is 11.1. The normalized spacial score (nSPS) is 17.0. The van der Waals surface area contributed by atoms with Crippen LogP contribution in [0.25, 0.3) is 0 Å². The molecule has 1 saturated heterocycles. The Morgan fingerprint density at radius 2 is 1.96 bits per heavy atom. The summed E-state index contributed by atoms with van der Waals surface area (Å²) in [7, 11) is -2.63. The first kappa shape index (κ1) is 20.1. The Morgan fingerprint density at radius 3 is 2.46 bits per heavy atom. The molecule has 2 N–H and O–H groups in total. The average molecular weight is 386 g/mol. The van der Waals surface area contributed by atoms with Gasteiger partial charge < -0.3 is 15.4 Å². The van der Waals surface area contributed by atoms with Crippen LogP contribution in [0, 0.1) is 16.0 Å². The van der Waals surface area contributed by atoms with E-state index in [1.165, 1.54) is 23.5 Å². The molecule has 1 fully saturated rings. The van der Waals surface area contributed by atoms with Crippen molar-refractivity contribution in [3.63, 3.8) is 0 Å². The number of sulfonamides is 1. The van der Waals surface area contributed by atoms with Gasteiger partial charge in [0, 0.05) is 44.7 Å². The van der Waals surface area contributed by atoms with Gasteiger partial charge in [0.25, 0.3) is 0 Å². The molecule has 2 rings (SSSR count). The van der Waals surface area contributed by atoms with Gasteiger partial charge in [0.05, 0.1) is 16.9 Å². The summed E-state index contributed by atoms with van der Waals surface area (Å²) >= 11 is 0. The summed E-state index contributed by atoms with van der Waals surface area (Å²) in [4.78, 5) is 24.0. The van der Waals surface area contributed by atoms with Crippen molar-refractivity contribution in [2.75, 3.05) is 39.8 Å². The van der Waals surface area contributed by atoms with E-state index >= 15 is 0 Å². The fourth-order valence-electron chi connectivity index (χ4n) is 2.68. The zero-order valence-electron chi connectivity index (χ0n) is 14.6. The molecule has 0 saturated carbocycles. The maximum absolute atomic E-state index is 12.8. The Morgan fingerprint density at radius 1 is 1.35 bits per heavy atom. The lowest BCUT2D eigenvalue weighted by Gasteiger charge is -2.35. The Bertz CT molecular complexity index is 789. The first-order chi connectivity index (χ1) is 12.2. The van der Waals surface area contributed by atoms with Crippen molar-refractivity contribution in [2.24, 2.45) is 11.7 Å². The van der Waals surface area contributed by atoms with Crippen LogP contribution in [0.4, 0.5) is 5.69 Å². The molecule has 1 aliphatic heterocycles. The van der Waals surface area contributed by atoms with Gasteiger partial charge in [-0.25, -0.2) is 8.42 Å². The molecule has 0 bridgehead atoms. The highest BCUT2D eigenvalue weighted by atomic mass is 32.2. The fourth-order valence-corrected chi connectivity index (χ4v) is 4.13. The van der Waals surface area contributed by atoms with E-state index in [0.717, 1.165) is 6.07 Å². The van der Waals surface area contributed by atoms with Crippen LogP contribution in [0.5, 0.6) is 5.75 Å². The third-order valence-corrected chi connectivity index (χ3v) is 6.20. The second kappa shape index (κ2) is 7.98. The van der Waals surface area contributed by atoms with Gasteiger partial charge in [-0.1, -0.05) is 6.92 Å². The van der Waals surface area contributed by atoms with Gasteiger partial charge in [-0.2, -0.15) is 4.31 Å². The van der Waals surface area contributed by atoms with E-state index in [4.69, 9.17) is 10.5 Å². The number of nitro groups is 1. The number of hydrogen-bond donors (Lipinski definition) is 1. The van der Waals surface area contributed by atoms with Crippen molar-refractivity contribution in [3.05, 3.63) is 28.3 Å². The number of nitrogens with zero attached hydrogens (tertiary/aromatic N) is 3. The second-order valence-electron chi connectivity index (χ2n) is 5.96. The first-order valence-electron chi connectivity index (χ1n) is 8.03. The van der Waals surface area contributed by atoms with E-state index in [0.29, 0.717) is 0 Å². The van der Waals surface area contributed by atoms with Gasteiger partial charge >= 0.3 is 5.69 Å². The molecule has 10 nitrogen and oxygen atoms in total. The van der Waals surface area contributed by atoms with Crippen molar-refractivity contribution in [2.45, 2.75) is 11.8 Å². The highest BCUT2D eigenvalue weighted by Gasteiger charge is 2.32. The Kier molecular flexibility index (Phi) is 6.16.